The molecule has 1 aliphatic heterocycles. The topological polar surface area (TPSA) is 55.4 Å². The number of carbonyl (C=O) groups excluding carboxylic acids is 2. The van der Waals surface area contributed by atoms with Gasteiger partial charge in [0.05, 0.1) is 18.6 Å². The molecule has 2 atom stereocenters. The van der Waals surface area contributed by atoms with Crippen LogP contribution in [0.15, 0.2) is 33.6 Å². The Morgan fingerprint density at radius 2 is 2.12 bits per heavy atom. The molecule has 1 aromatic heterocycles. The first-order chi connectivity index (χ1) is 12.2. The predicted octanol–water partition coefficient (Wildman–Crippen LogP) is 4.71. The van der Waals surface area contributed by atoms with Crippen molar-refractivity contribution in [2.75, 3.05) is 7.11 Å². The van der Waals surface area contributed by atoms with Gasteiger partial charge in [0.15, 0.2) is 0 Å². The van der Waals surface area contributed by atoms with E-state index in [2.05, 4.69) is 54.2 Å². The van der Waals surface area contributed by atoms with Gasteiger partial charge in [-0.3, -0.25) is 4.79 Å². The molecule has 4 nitrogen and oxygen atoms in total. The number of esters is 1. The fourth-order valence-electron chi connectivity index (χ4n) is 3.97. The van der Waals surface area contributed by atoms with Gasteiger partial charge in [0.25, 0.3) is 0 Å². The summed E-state index contributed by atoms with van der Waals surface area (Å²) in [7, 11) is 1.39. The number of ketones is 1. The Morgan fingerprint density at radius 1 is 1.42 bits per heavy atom. The van der Waals surface area contributed by atoms with Crippen molar-refractivity contribution in [2.24, 2.45) is 11.3 Å². The highest BCUT2D eigenvalue weighted by Crippen LogP contribution is 2.49. The number of rotatable bonds is 3. The third kappa shape index (κ3) is 3.29. The van der Waals surface area contributed by atoms with Crippen LogP contribution in [0.25, 0.3) is 0 Å². The average Bonchev–Trinajstić information content (AvgIpc) is 2.92. The molecule has 0 radical (unpaired) electrons. The number of ether oxygens (including phenoxy) is 1. The van der Waals surface area contributed by atoms with Crippen LogP contribution in [0.5, 0.6) is 0 Å². The zero-order valence-electron chi connectivity index (χ0n) is 15.7. The molecule has 0 fully saturated rings. The van der Waals surface area contributed by atoms with Gasteiger partial charge in [0.2, 0.25) is 0 Å². The van der Waals surface area contributed by atoms with E-state index in [-0.39, 0.29) is 29.0 Å². The molecule has 1 aromatic rings. The number of Topliss-reactive ketones (excluding diaryl/α,β-unsaturated/α-hetero) is 1. The number of nitrogens with one attached hydrogen (secondary N) is 1. The molecule has 0 bridgehead atoms. The highest BCUT2D eigenvalue weighted by molar-refractivity contribution is 9.10. The molecule has 2 unspecified atom stereocenters. The first-order valence-electron chi connectivity index (χ1n) is 8.78. The second-order valence-corrected chi connectivity index (χ2v) is 9.64. The Bertz CT molecular complexity index is 834. The molecule has 1 N–H and O–H groups in total. The number of thiophene rings is 1. The number of halogens is 1. The van der Waals surface area contributed by atoms with Crippen LogP contribution in [-0.2, 0) is 20.7 Å². The van der Waals surface area contributed by atoms with Crippen molar-refractivity contribution >= 4 is 39.0 Å². The number of carbonyl (C=O) groups is 2. The van der Waals surface area contributed by atoms with Crippen LogP contribution >= 0.6 is 27.3 Å². The number of aryl methyl sites for hydroxylation is 1. The Morgan fingerprint density at radius 3 is 2.69 bits per heavy atom. The van der Waals surface area contributed by atoms with Gasteiger partial charge in [0.1, 0.15) is 5.78 Å². The van der Waals surface area contributed by atoms with Crippen LogP contribution in [0, 0.1) is 11.3 Å². The van der Waals surface area contributed by atoms with E-state index in [4.69, 9.17) is 4.74 Å². The van der Waals surface area contributed by atoms with Gasteiger partial charge in [0, 0.05) is 38.0 Å². The van der Waals surface area contributed by atoms with E-state index < -0.39 is 0 Å². The number of hydrogen-bond acceptors (Lipinski definition) is 5. The van der Waals surface area contributed by atoms with E-state index in [1.54, 1.807) is 11.3 Å². The minimum absolute atomic E-state index is 0.168. The van der Waals surface area contributed by atoms with Crippen LogP contribution in [0.4, 0.5) is 0 Å². The molecule has 0 saturated heterocycles. The van der Waals surface area contributed by atoms with Gasteiger partial charge in [-0.05, 0) is 40.8 Å². The summed E-state index contributed by atoms with van der Waals surface area (Å²) < 4.78 is 6.09. The lowest BCUT2D eigenvalue weighted by atomic mass is 9.68. The average molecular weight is 438 g/mol. The standard InChI is InChI=1S/C20H24BrNO3S/c1-6-14-11(21)7-15(26-14)18-16(19(24)25-5)10(2)22-12-8-20(3,4)9-13(23)17(12)18/h7-8,17-18,22H,6,9H2,1-5H3. The molecular formula is C20H24BrNO3S. The minimum atomic E-state index is -0.376. The lowest BCUT2D eigenvalue weighted by Crippen LogP contribution is -2.43. The minimum Gasteiger partial charge on any atom is -0.466 e. The molecule has 26 heavy (non-hydrogen) atoms. The van der Waals surface area contributed by atoms with Gasteiger partial charge < -0.3 is 10.1 Å². The van der Waals surface area contributed by atoms with E-state index >= 15 is 0 Å². The first-order valence-corrected chi connectivity index (χ1v) is 10.4. The van der Waals surface area contributed by atoms with Crippen LogP contribution in [0.2, 0.25) is 0 Å². The number of hydrogen-bond donors (Lipinski definition) is 1. The second kappa shape index (κ2) is 6.97. The van der Waals surface area contributed by atoms with E-state index in [9.17, 15) is 9.59 Å². The van der Waals surface area contributed by atoms with Gasteiger partial charge in [-0.25, -0.2) is 4.79 Å². The molecule has 0 aromatic carbocycles. The summed E-state index contributed by atoms with van der Waals surface area (Å²) in [6, 6.07) is 2.06. The monoisotopic (exact) mass is 437 g/mol. The van der Waals surface area contributed by atoms with Gasteiger partial charge in [-0.1, -0.05) is 26.8 Å². The Balaban J connectivity index is 2.21. The quantitative estimate of drug-likeness (QED) is 0.695. The van der Waals surface area contributed by atoms with Crippen molar-refractivity contribution in [3.05, 3.63) is 43.3 Å². The maximum atomic E-state index is 13.1. The molecule has 0 saturated carbocycles. The van der Waals surface area contributed by atoms with Crippen molar-refractivity contribution < 1.29 is 14.3 Å². The molecule has 1 aliphatic carbocycles. The number of methoxy groups -OCH3 is 1. The van der Waals surface area contributed by atoms with Gasteiger partial charge in [-0.15, -0.1) is 11.3 Å². The maximum absolute atomic E-state index is 13.1. The SMILES string of the molecule is CCc1sc(C2C(C(=O)OC)=C(C)NC3=CC(C)(C)CC(=O)C32)cc1Br. The highest BCUT2D eigenvalue weighted by atomic mass is 79.9. The van der Waals surface area contributed by atoms with Crippen molar-refractivity contribution in [2.45, 2.75) is 46.5 Å². The van der Waals surface area contributed by atoms with Gasteiger partial charge >= 0.3 is 5.97 Å². The molecule has 0 spiro atoms. The third-order valence-electron chi connectivity index (χ3n) is 5.05. The van der Waals surface area contributed by atoms with E-state index in [0.29, 0.717) is 12.0 Å². The summed E-state index contributed by atoms with van der Waals surface area (Å²) in [4.78, 5) is 27.9. The third-order valence-corrected chi connectivity index (χ3v) is 7.38. The van der Waals surface area contributed by atoms with Crippen molar-refractivity contribution in [3.63, 3.8) is 0 Å². The lowest BCUT2D eigenvalue weighted by molar-refractivity contribution is -0.136. The normalized spacial score (nSPS) is 24.7. The highest BCUT2D eigenvalue weighted by Gasteiger charge is 2.46. The largest absolute Gasteiger partial charge is 0.466 e. The van der Waals surface area contributed by atoms with Crippen LogP contribution in [-0.4, -0.2) is 18.9 Å². The van der Waals surface area contributed by atoms with Crippen LogP contribution in [0.3, 0.4) is 0 Å². The van der Waals surface area contributed by atoms with Crippen LogP contribution in [0.1, 0.15) is 49.8 Å². The lowest BCUT2D eigenvalue weighted by Gasteiger charge is -2.40. The first kappa shape index (κ1) is 19.4. The number of fused-ring (bicyclic) bond motifs is 1. The van der Waals surface area contributed by atoms with Gasteiger partial charge in [-0.2, -0.15) is 0 Å². The molecule has 3 rings (SSSR count). The second-order valence-electron chi connectivity index (χ2n) is 7.62. The Labute approximate surface area is 166 Å². The summed E-state index contributed by atoms with van der Waals surface area (Å²) in [5.41, 5.74) is 2.04. The summed E-state index contributed by atoms with van der Waals surface area (Å²) in [5.74, 6) is -0.878. The van der Waals surface area contributed by atoms with E-state index in [1.807, 2.05) is 6.92 Å². The Kier molecular flexibility index (Phi) is 5.19. The smallest absolute Gasteiger partial charge is 0.336 e. The fourth-order valence-corrected chi connectivity index (χ4v) is 6.04. The maximum Gasteiger partial charge on any atom is 0.336 e. The summed E-state index contributed by atoms with van der Waals surface area (Å²) in [6.45, 7) is 8.11. The van der Waals surface area contributed by atoms with Crippen LogP contribution < -0.4 is 5.32 Å². The van der Waals surface area contributed by atoms with Crippen molar-refractivity contribution in [1.82, 2.24) is 5.32 Å². The predicted molar refractivity (Wildman–Crippen MR) is 107 cm³/mol. The zero-order valence-corrected chi connectivity index (χ0v) is 18.1. The fraction of sp³-hybridized carbons (Fsp3) is 0.500. The molecule has 2 aliphatic rings. The molecule has 140 valence electrons. The molecule has 6 heteroatoms. The van der Waals surface area contributed by atoms with Crippen molar-refractivity contribution in [3.8, 4) is 0 Å². The van der Waals surface area contributed by atoms with Crippen molar-refractivity contribution in [1.29, 1.82) is 0 Å². The van der Waals surface area contributed by atoms with E-state index in [0.717, 1.165) is 27.2 Å². The molecular weight excluding hydrogens is 414 g/mol. The van der Waals surface area contributed by atoms with E-state index in [1.165, 1.54) is 12.0 Å². The molecule has 2 heterocycles. The molecule has 0 amide bonds. The Hall–Kier alpha value is -1.40. The summed E-state index contributed by atoms with van der Waals surface area (Å²) in [5, 5.41) is 3.32. The zero-order chi connectivity index (χ0) is 19.2. The summed E-state index contributed by atoms with van der Waals surface area (Å²) >= 11 is 5.28. The summed E-state index contributed by atoms with van der Waals surface area (Å²) in [6.07, 6.45) is 3.52. The number of allylic oxidation sites excluding steroid dienone is 3.